The molecule has 128 valence electrons. The van der Waals surface area contributed by atoms with Crippen LogP contribution in [-0.2, 0) is 16.0 Å². The second kappa shape index (κ2) is 7.67. The van der Waals surface area contributed by atoms with Crippen molar-refractivity contribution in [3.8, 4) is 11.5 Å². The number of amides is 1. The Hall–Kier alpha value is -3.07. The average molecular weight is 358 g/mol. The molecule has 3 aromatic heterocycles. The van der Waals surface area contributed by atoms with Crippen LogP contribution in [0.1, 0.15) is 22.0 Å². The zero-order chi connectivity index (χ0) is 17.6. The monoisotopic (exact) mass is 358 g/mol. The van der Waals surface area contributed by atoms with E-state index >= 15 is 0 Å². The van der Waals surface area contributed by atoms with Gasteiger partial charge in [-0.15, -0.1) is 11.3 Å². The highest BCUT2D eigenvalue weighted by molar-refractivity contribution is 7.18. The fraction of sp³-hybridized carbons (Fsp3) is 0.188. The first-order valence-electron chi connectivity index (χ1n) is 7.37. The maximum atomic E-state index is 12.0. The Bertz CT molecular complexity index is 875. The van der Waals surface area contributed by atoms with Gasteiger partial charge in [-0.3, -0.25) is 9.78 Å². The number of rotatable bonds is 6. The fourth-order valence-corrected chi connectivity index (χ4v) is 2.83. The van der Waals surface area contributed by atoms with E-state index in [2.05, 4.69) is 25.2 Å². The molecule has 0 aliphatic rings. The van der Waals surface area contributed by atoms with Gasteiger partial charge < -0.3 is 14.6 Å². The third-order valence-electron chi connectivity index (χ3n) is 3.18. The van der Waals surface area contributed by atoms with Gasteiger partial charge in [0.1, 0.15) is 10.6 Å². The van der Waals surface area contributed by atoms with E-state index in [1.165, 1.54) is 7.11 Å². The Morgan fingerprint density at radius 2 is 2.16 bits per heavy atom. The molecule has 0 saturated heterocycles. The third kappa shape index (κ3) is 4.27. The summed E-state index contributed by atoms with van der Waals surface area (Å²) in [5.74, 6) is 0.100. The van der Waals surface area contributed by atoms with Gasteiger partial charge >= 0.3 is 5.97 Å². The van der Waals surface area contributed by atoms with Crippen LogP contribution in [0.15, 0.2) is 41.1 Å². The maximum Gasteiger partial charge on any atom is 0.348 e. The van der Waals surface area contributed by atoms with E-state index in [1.807, 2.05) is 6.07 Å². The lowest BCUT2D eigenvalue weighted by atomic mass is 10.3. The SMILES string of the molecule is COC(=O)c1ccc(NC(=O)CCc2nc(-c3ccccn3)no2)s1. The van der Waals surface area contributed by atoms with Crippen LogP contribution in [0, 0.1) is 0 Å². The van der Waals surface area contributed by atoms with Crippen molar-refractivity contribution < 1.29 is 18.8 Å². The molecule has 0 aromatic carbocycles. The van der Waals surface area contributed by atoms with Crippen molar-refractivity contribution >= 4 is 28.2 Å². The summed E-state index contributed by atoms with van der Waals surface area (Å²) in [6, 6.07) is 8.65. The van der Waals surface area contributed by atoms with E-state index in [0.29, 0.717) is 33.7 Å². The number of carbonyl (C=O) groups is 2. The molecule has 0 spiro atoms. The van der Waals surface area contributed by atoms with Crippen molar-refractivity contribution in [3.05, 3.63) is 47.3 Å². The Morgan fingerprint density at radius 3 is 2.92 bits per heavy atom. The minimum Gasteiger partial charge on any atom is -0.465 e. The minimum absolute atomic E-state index is 0.176. The van der Waals surface area contributed by atoms with Crippen LogP contribution >= 0.6 is 11.3 Å². The van der Waals surface area contributed by atoms with Gasteiger partial charge in [-0.25, -0.2) is 4.79 Å². The number of nitrogens with zero attached hydrogens (tertiary/aromatic N) is 3. The summed E-state index contributed by atoms with van der Waals surface area (Å²) in [6.45, 7) is 0. The van der Waals surface area contributed by atoms with Crippen molar-refractivity contribution in [2.45, 2.75) is 12.8 Å². The molecule has 3 heterocycles. The highest BCUT2D eigenvalue weighted by atomic mass is 32.1. The number of nitrogens with one attached hydrogen (secondary N) is 1. The summed E-state index contributed by atoms with van der Waals surface area (Å²) >= 11 is 1.15. The number of pyridine rings is 1. The number of esters is 1. The Labute approximate surface area is 146 Å². The average Bonchev–Trinajstić information content (AvgIpc) is 3.29. The van der Waals surface area contributed by atoms with Gasteiger partial charge in [0, 0.05) is 19.0 Å². The molecule has 0 saturated carbocycles. The number of anilines is 1. The lowest BCUT2D eigenvalue weighted by Crippen LogP contribution is -2.11. The van der Waals surface area contributed by atoms with Gasteiger partial charge in [-0.05, 0) is 24.3 Å². The normalized spacial score (nSPS) is 10.4. The van der Waals surface area contributed by atoms with Crippen LogP contribution in [-0.4, -0.2) is 34.1 Å². The number of aromatic nitrogens is 3. The molecule has 3 rings (SSSR count). The highest BCUT2D eigenvalue weighted by Crippen LogP contribution is 2.22. The molecule has 1 amide bonds. The number of methoxy groups -OCH3 is 1. The number of aryl methyl sites for hydroxylation is 1. The van der Waals surface area contributed by atoms with Crippen molar-refractivity contribution in [1.29, 1.82) is 0 Å². The second-order valence-electron chi connectivity index (χ2n) is 4.93. The molecule has 8 nitrogen and oxygen atoms in total. The zero-order valence-electron chi connectivity index (χ0n) is 13.3. The maximum absolute atomic E-state index is 12.0. The molecule has 9 heteroatoms. The van der Waals surface area contributed by atoms with Gasteiger partial charge in [0.2, 0.25) is 17.6 Å². The molecule has 0 unspecified atom stereocenters. The van der Waals surface area contributed by atoms with E-state index < -0.39 is 5.97 Å². The molecule has 0 fully saturated rings. The number of ether oxygens (including phenoxy) is 1. The van der Waals surface area contributed by atoms with Gasteiger partial charge in [0.15, 0.2) is 0 Å². The molecule has 0 radical (unpaired) electrons. The number of thiophene rings is 1. The summed E-state index contributed by atoms with van der Waals surface area (Å²) in [5.41, 5.74) is 0.607. The number of hydrogen-bond donors (Lipinski definition) is 1. The largest absolute Gasteiger partial charge is 0.465 e. The Kier molecular flexibility index (Phi) is 5.14. The molecule has 25 heavy (non-hydrogen) atoms. The Balaban J connectivity index is 1.53. The van der Waals surface area contributed by atoms with Gasteiger partial charge in [0.25, 0.3) is 0 Å². The van der Waals surface area contributed by atoms with Crippen molar-refractivity contribution in [2.75, 3.05) is 12.4 Å². The van der Waals surface area contributed by atoms with Crippen molar-refractivity contribution in [1.82, 2.24) is 15.1 Å². The van der Waals surface area contributed by atoms with E-state index in [4.69, 9.17) is 4.52 Å². The Morgan fingerprint density at radius 1 is 1.28 bits per heavy atom. The smallest absolute Gasteiger partial charge is 0.348 e. The van der Waals surface area contributed by atoms with Crippen LogP contribution in [0.4, 0.5) is 5.00 Å². The van der Waals surface area contributed by atoms with Gasteiger partial charge in [-0.2, -0.15) is 4.98 Å². The molecular formula is C16H14N4O4S. The number of carbonyl (C=O) groups excluding carboxylic acids is 2. The summed E-state index contributed by atoms with van der Waals surface area (Å²) in [7, 11) is 1.31. The van der Waals surface area contributed by atoms with Crippen LogP contribution in [0.3, 0.4) is 0 Å². The molecule has 0 atom stereocenters. The zero-order valence-corrected chi connectivity index (χ0v) is 14.1. The second-order valence-corrected chi connectivity index (χ2v) is 6.01. The summed E-state index contributed by atoms with van der Waals surface area (Å²) in [5, 5.41) is 7.14. The lowest BCUT2D eigenvalue weighted by Gasteiger charge is -2.00. The standard InChI is InChI=1S/C16H14N4O4S/c1-23-16(22)11-5-8-14(25-11)18-12(21)6-7-13-19-15(20-24-13)10-4-2-3-9-17-10/h2-5,8-9H,6-7H2,1H3,(H,18,21). The summed E-state index contributed by atoms with van der Waals surface area (Å²) < 4.78 is 9.75. The van der Waals surface area contributed by atoms with Gasteiger partial charge in [-0.1, -0.05) is 11.2 Å². The molecule has 0 aliphatic heterocycles. The predicted molar refractivity (Wildman–Crippen MR) is 90.1 cm³/mol. The predicted octanol–water partition coefficient (Wildman–Crippen LogP) is 2.55. The van der Waals surface area contributed by atoms with Crippen LogP contribution < -0.4 is 5.32 Å². The highest BCUT2D eigenvalue weighted by Gasteiger charge is 2.13. The molecule has 1 N–H and O–H groups in total. The first-order valence-corrected chi connectivity index (χ1v) is 8.19. The quantitative estimate of drug-likeness (QED) is 0.675. The fourth-order valence-electron chi connectivity index (χ4n) is 1.99. The topological polar surface area (TPSA) is 107 Å². The van der Waals surface area contributed by atoms with Crippen LogP contribution in [0.2, 0.25) is 0 Å². The minimum atomic E-state index is -0.432. The number of hydrogen-bond acceptors (Lipinski definition) is 8. The first-order chi connectivity index (χ1) is 12.2. The van der Waals surface area contributed by atoms with Gasteiger partial charge in [0.05, 0.1) is 12.1 Å². The molecule has 0 aliphatic carbocycles. The van der Waals surface area contributed by atoms with Crippen LogP contribution in [0.25, 0.3) is 11.5 Å². The van der Waals surface area contributed by atoms with E-state index in [0.717, 1.165) is 11.3 Å². The third-order valence-corrected chi connectivity index (χ3v) is 4.16. The summed E-state index contributed by atoms with van der Waals surface area (Å²) in [4.78, 5) is 32.2. The lowest BCUT2D eigenvalue weighted by molar-refractivity contribution is -0.116. The molecular weight excluding hydrogens is 344 g/mol. The van der Waals surface area contributed by atoms with Crippen LogP contribution in [0.5, 0.6) is 0 Å². The first kappa shape index (κ1) is 16.8. The van der Waals surface area contributed by atoms with E-state index in [9.17, 15) is 9.59 Å². The van der Waals surface area contributed by atoms with E-state index in [-0.39, 0.29) is 12.3 Å². The van der Waals surface area contributed by atoms with E-state index in [1.54, 1.807) is 30.5 Å². The van der Waals surface area contributed by atoms with Crippen molar-refractivity contribution in [2.24, 2.45) is 0 Å². The van der Waals surface area contributed by atoms with Crippen molar-refractivity contribution in [3.63, 3.8) is 0 Å². The summed E-state index contributed by atoms with van der Waals surface area (Å²) in [6.07, 6.45) is 2.12. The molecule has 0 bridgehead atoms. The molecule has 3 aromatic rings.